The summed E-state index contributed by atoms with van der Waals surface area (Å²) in [5.41, 5.74) is 2.89. The molecule has 9 heteroatoms. The summed E-state index contributed by atoms with van der Waals surface area (Å²) in [4.78, 5) is 10.6. The van der Waals surface area contributed by atoms with Crippen LogP contribution in [0.1, 0.15) is 11.7 Å². The molecule has 0 aliphatic carbocycles. The number of benzene rings is 1. The normalized spacial score (nSPS) is 21.5. The Bertz CT molecular complexity index is 943. The zero-order chi connectivity index (χ0) is 17.7. The fraction of sp³-hybridized carbons (Fsp3) is 0.294. The lowest BCUT2D eigenvalue weighted by molar-refractivity contribution is -0.00227. The highest BCUT2D eigenvalue weighted by atomic mass is 35.5. The second-order valence-electron chi connectivity index (χ2n) is 6.33. The molecule has 4 heterocycles. The molecule has 5 rings (SSSR count). The summed E-state index contributed by atoms with van der Waals surface area (Å²) in [6, 6.07) is 11.6. The van der Waals surface area contributed by atoms with Gasteiger partial charge in [-0.1, -0.05) is 58.7 Å². The Morgan fingerprint density at radius 1 is 1.04 bits per heavy atom. The summed E-state index contributed by atoms with van der Waals surface area (Å²) in [7, 11) is 0. The van der Waals surface area contributed by atoms with E-state index >= 15 is 0 Å². The van der Waals surface area contributed by atoms with Crippen LogP contribution in [-0.4, -0.2) is 44.2 Å². The second kappa shape index (κ2) is 6.19. The maximum absolute atomic E-state index is 6.10. The molecule has 3 aromatic rings. The summed E-state index contributed by atoms with van der Waals surface area (Å²) < 4.78 is 8.07. The number of anilines is 1. The third-order valence-corrected chi connectivity index (χ3v) is 5.15. The molecule has 0 amide bonds. The van der Waals surface area contributed by atoms with E-state index in [-0.39, 0.29) is 12.1 Å². The van der Waals surface area contributed by atoms with Crippen molar-refractivity contribution in [2.75, 3.05) is 18.0 Å². The highest BCUT2D eigenvalue weighted by Crippen LogP contribution is 2.35. The summed E-state index contributed by atoms with van der Waals surface area (Å²) >= 11 is 12.0. The Balaban J connectivity index is 1.47. The molecule has 0 bridgehead atoms. The van der Waals surface area contributed by atoms with Crippen LogP contribution in [0, 0.1) is 0 Å². The molecule has 0 radical (unpaired) electrons. The predicted molar refractivity (Wildman–Crippen MR) is 97.3 cm³/mol. The minimum atomic E-state index is -0.00539. The summed E-state index contributed by atoms with van der Waals surface area (Å²) in [6.07, 6.45) is -0.00539. The second-order valence-corrected chi connectivity index (χ2v) is 7.11. The van der Waals surface area contributed by atoms with Crippen LogP contribution < -0.4 is 4.90 Å². The minimum Gasteiger partial charge on any atom is -0.368 e. The van der Waals surface area contributed by atoms with Gasteiger partial charge in [0.1, 0.15) is 16.0 Å². The Morgan fingerprint density at radius 3 is 2.58 bits per heavy atom. The molecule has 0 saturated carbocycles. The molecule has 1 fully saturated rings. The third kappa shape index (κ3) is 2.63. The van der Waals surface area contributed by atoms with E-state index < -0.39 is 0 Å². The van der Waals surface area contributed by atoms with Gasteiger partial charge in [0.05, 0.1) is 24.4 Å². The number of hydrogen-bond acceptors (Lipinski definition) is 6. The van der Waals surface area contributed by atoms with Crippen molar-refractivity contribution in [3.05, 3.63) is 52.4 Å². The Labute approximate surface area is 159 Å². The van der Waals surface area contributed by atoms with Crippen molar-refractivity contribution in [1.29, 1.82) is 0 Å². The summed E-state index contributed by atoms with van der Waals surface area (Å²) in [6.45, 7) is 1.79. The van der Waals surface area contributed by atoms with Crippen LogP contribution >= 0.6 is 23.2 Å². The number of halogens is 2. The van der Waals surface area contributed by atoms with E-state index in [2.05, 4.69) is 20.3 Å². The fourth-order valence-corrected chi connectivity index (χ4v) is 3.97. The van der Waals surface area contributed by atoms with Gasteiger partial charge in [-0.05, 0) is 0 Å². The third-order valence-electron chi connectivity index (χ3n) is 4.76. The van der Waals surface area contributed by atoms with Gasteiger partial charge in [0, 0.05) is 24.7 Å². The van der Waals surface area contributed by atoms with E-state index in [0.717, 1.165) is 17.0 Å². The van der Waals surface area contributed by atoms with Crippen LogP contribution in [0.25, 0.3) is 11.3 Å². The average Bonchev–Trinajstić information content (AvgIpc) is 3.25. The summed E-state index contributed by atoms with van der Waals surface area (Å²) in [5.74, 6) is 0.505. The lowest BCUT2D eigenvalue weighted by Gasteiger charge is -2.26. The van der Waals surface area contributed by atoms with E-state index in [1.54, 1.807) is 0 Å². The lowest BCUT2D eigenvalue weighted by atomic mass is 10.1. The molecule has 0 spiro atoms. The molecule has 0 N–H and O–H groups in total. The number of hydrogen-bond donors (Lipinski definition) is 0. The van der Waals surface area contributed by atoms with Crippen LogP contribution in [0.3, 0.4) is 0 Å². The molecule has 7 nitrogen and oxygen atoms in total. The quantitative estimate of drug-likeness (QED) is 0.628. The van der Waals surface area contributed by atoms with Crippen molar-refractivity contribution >= 4 is 29.2 Å². The number of rotatable bonds is 2. The van der Waals surface area contributed by atoms with Crippen LogP contribution in [-0.2, 0) is 11.3 Å². The molecule has 2 atom stereocenters. The Kier molecular flexibility index (Phi) is 3.81. The van der Waals surface area contributed by atoms with Crippen molar-refractivity contribution in [3.8, 4) is 11.3 Å². The van der Waals surface area contributed by atoms with Crippen molar-refractivity contribution in [3.63, 3.8) is 0 Å². The van der Waals surface area contributed by atoms with Crippen LogP contribution in [0.2, 0.25) is 10.3 Å². The zero-order valence-corrected chi connectivity index (χ0v) is 15.1. The van der Waals surface area contributed by atoms with Gasteiger partial charge < -0.3 is 9.64 Å². The maximum atomic E-state index is 6.10. The van der Waals surface area contributed by atoms with Gasteiger partial charge in [-0.2, -0.15) is 0 Å². The highest BCUT2D eigenvalue weighted by molar-refractivity contribution is 6.33. The molecular formula is C17H14Cl2N6O. The minimum absolute atomic E-state index is 0.00539. The molecule has 1 unspecified atom stereocenters. The van der Waals surface area contributed by atoms with Crippen molar-refractivity contribution in [2.45, 2.75) is 18.8 Å². The van der Waals surface area contributed by atoms with E-state index in [1.165, 1.54) is 6.07 Å². The van der Waals surface area contributed by atoms with Gasteiger partial charge in [-0.25, -0.2) is 14.6 Å². The fourth-order valence-electron chi connectivity index (χ4n) is 3.56. The van der Waals surface area contributed by atoms with Gasteiger partial charge in [0.25, 0.3) is 0 Å². The van der Waals surface area contributed by atoms with Gasteiger partial charge in [0.15, 0.2) is 0 Å². The van der Waals surface area contributed by atoms with Gasteiger partial charge in [-0.3, -0.25) is 0 Å². The van der Waals surface area contributed by atoms with Gasteiger partial charge >= 0.3 is 0 Å². The topological polar surface area (TPSA) is 69.0 Å². The smallest absolute Gasteiger partial charge is 0.228 e. The SMILES string of the molecule is Clc1cc(Cl)nc(N2CC3[C@@H](C2)OCc2c(-c4ccccc4)nnn23)n1. The molecule has 1 aromatic carbocycles. The molecule has 2 aliphatic heterocycles. The van der Waals surface area contributed by atoms with Crippen LogP contribution in [0.4, 0.5) is 5.95 Å². The maximum Gasteiger partial charge on any atom is 0.228 e. The predicted octanol–water partition coefficient (Wildman–Crippen LogP) is 3.00. The van der Waals surface area contributed by atoms with Crippen molar-refractivity contribution in [2.24, 2.45) is 0 Å². The van der Waals surface area contributed by atoms with E-state index in [0.29, 0.717) is 36.0 Å². The van der Waals surface area contributed by atoms with E-state index in [9.17, 15) is 0 Å². The number of fused-ring (bicyclic) bond motifs is 3. The van der Waals surface area contributed by atoms with Crippen molar-refractivity contribution < 1.29 is 4.74 Å². The largest absolute Gasteiger partial charge is 0.368 e. The average molecular weight is 389 g/mol. The molecule has 26 heavy (non-hydrogen) atoms. The molecule has 132 valence electrons. The number of ether oxygens (including phenoxy) is 1. The molecular weight excluding hydrogens is 375 g/mol. The zero-order valence-electron chi connectivity index (χ0n) is 13.6. The van der Waals surface area contributed by atoms with E-state index in [1.807, 2.05) is 39.9 Å². The van der Waals surface area contributed by atoms with E-state index in [4.69, 9.17) is 27.9 Å². The molecule has 1 saturated heterocycles. The first kappa shape index (κ1) is 16.0. The molecule has 2 aromatic heterocycles. The van der Waals surface area contributed by atoms with Crippen LogP contribution in [0.5, 0.6) is 0 Å². The highest BCUT2D eigenvalue weighted by Gasteiger charge is 2.41. The van der Waals surface area contributed by atoms with Gasteiger partial charge in [0.2, 0.25) is 5.95 Å². The lowest BCUT2D eigenvalue weighted by Crippen LogP contribution is -2.32. The molecule has 2 aliphatic rings. The summed E-state index contributed by atoms with van der Waals surface area (Å²) in [5, 5.41) is 9.45. The number of aromatic nitrogens is 5. The monoisotopic (exact) mass is 388 g/mol. The first-order valence-electron chi connectivity index (χ1n) is 8.25. The first-order chi connectivity index (χ1) is 12.7. The van der Waals surface area contributed by atoms with Crippen LogP contribution in [0.15, 0.2) is 36.4 Å². The van der Waals surface area contributed by atoms with Crippen molar-refractivity contribution in [1.82, 2.24) is 25.0 Å². The standard InChI is InChI=1S/C17H14Cl2N6O/c18-14-6-15(19)21-17(20-14)24-7-11-13(8-24)26-9-12-16(22-23-25(11)12)10-4-2-1-3-5-10/h1-6,11,13H,7-9H2/t11?,13-/m1/s1. The first-order valence-corrected chi connectivity index (χ1v) is 9.01. The number of nitrogens with zero attached hydrogens (tertiary/aromatic N) is 6. The Hall–Kier alpha value is -2.22. The Morgan fingerprint density at radius 2 is 1.81 bits per heavy atom. The van der Waals surface area contributed by atoms with Gasteiger partial charge in [-0.15, -0.1) is 5.10 Å².